The van der Waals surface area contributed by atoms with Gasteiger partial charge in [0.25, 0.3) is 5.91 Å². The summed E-state index contributed by atoms with van der Waals surface area (Å²) in [5.41, 5.74) is 2.23. The van der Waals surface area contributed by atoms with Gasteiger partial charge in [0.15, 0.2) is 0 Å². The van der Waals surface area contributed by atoms with Crippen LogP contribution in [0, 0.1) is 6.92 Å². The van der Waals surface area contributed by atoms with E-state index in [0.29, 0.717) is 24.2 Å². The van der Waals surface area contributed by atoms with Crippen molar-refractivity contribution >= 4 is 26.8 Å². The van der Waals surface area contributed by atoms with Crippen molar-refractivity contribution in [2.75, 3.05) is 26.2 Å². The molecule has 1 amide bonds. The number of carbonyl (C=O) groups is 1. The maximum absolute atomic E-state index is 13.0. The third-order valence-electron chi connectivity index (χ3n) is 5.05. The van der Waals surface area contributed by atoms with E-state index in [1.807, 2.05) is 31.2 Å². The molecule has 1 aliphatic heterocycles. The molecule has 0 aliphatic carbocycles. The van der Waals surface area contributed by atoms with Crippen LogP contribution in [-0.4, -0.2) is 54.7 Å². The van der Waals surface area contributed by atoms with E-state index in [-0.39, 0.29) is 23.9 Å². The Kier molecular flexibility index (Phi) is 4.87. The van der Waals surface area contributed by atoms with Crippen molar-refractivity contribution in [3.05, 3.63) is 71.9 Å². The monoisotopic (exact) mass is 395 g/mol. The summed E-state index contributed by atoms with van der Waals surface area (Å²) in [6.07, 6.45) is 1.67. The molecule has 0 atom stereocenters. The van der Waals surface area contributed by atoms with Gasteiger partial charge < -0.3 is 4.90 Å². The molecular weight excluding hydrogens is 374 g/mol. The van der Waals surface area contributed by atoms with Gasteiger partial charge in [0.2, 0.25) is 10.0 Å². The first-order valence-corrected chi connectivity index (χ1v) is 10.6. The molecule has 0 radical (unpaired) electrons. The molecule has 0 spiro atoms. The van der Waals surface area contributed by atoms with Gasteiger partial charge in [0.05, 0.1) is 16.0 Å². The molecule has 6 nitrogen and oxygen atoms in total. The van der Waals surface area contributed by atoms with E-state index in [4.69, 9.17) is 0 Å². The second kappa shape index (κ2) is 7.33. The highest BCUT2D eigenvalue weighted by Crippen LogP contribution is 2.21. The zero-order chi connectivity index (χ0) is 19.7. The lowest BCUT2D eigenvalue weighted by Crippen LogP contribution is -2.50. The van der Waals surface area contributed by atoms with E-state index in [2.05, 4.69) is 4.98 Å². The maximum Gasteiger partial charge on any atom is 0.256 e. The van der Waals surface area contributed by atoms with Crippen LogP contribution in [0.3, 0.4) is 0 Å². The molecule has 2 heterocycles. The predicted molar refractivity (Wildman–Crippen MR) is 108 cm³/mol. The minimum Gasteiger partial charge on any atom is -0.336 e. The van der Waals surface area contributed by atoms with Crippen LogP contribution in [0.2, 0.25) is 0 Å². The highest BCUT2D eigenvalue weighted by atomic mass is 32.2. The quantitative estimate of drug-likeness (QED) is 0.684. The van der Waals surface area contributed by atoms with Crippen LogP contribution >= 0.6 is 0 Å². The van der Waals surface area contributed by atoms with Crippen molar-refractivity contribution in [3.63, 3.8) is 0 Å². The van der Waals surface area contributed by atoms with Crippen molar-refractivity contribution in [2.45, 2.75) is 11.8 Å². The van der Waals surface area contributed by atoms with E-state index in [9.17, 15) is 13.2 Å². The van der Waals surface area contributed by atoms with E-state index in [1.54, 1.807) is 41.4 Å². The molecular formula is C21H21N3O3S. The van der Waals surface area contributed by atoms with Gasteiger partial charge in [-0.1, -0.05) is 35.9 Å². The van der Waals surface area contributed by atoms with Gasteiger partial charge in [-0.2, -0.15) is 4.31 Å². The molecule has 0 saturated carbocycles. The number of hydrogen-bond acceptors (Lipinski definition) is 4. The number of pyridine rings is 1. The average Bonchev–Trinajstić information content (AvgIpc) is 2.73. The summed E-state index contributed by atoms with van der Waals surface area (Å²) in [5, 5.41) is 0.911. The number of carbonyl (C=O) groups excluding carboxylic acids is 1. The Bertz CT molecular complexity index is 1110. The minimum atomic E-state index is -3.54. The van der Waals surface area contributed by atoms with Crippen LogP contribution in [0.15, 0.2) is 65.7 Å². The highest BCUT2D eigenvalue weighted by molar-refractivity contribution is 7.89. The summed E-state index contributed by atoms with van der Waals surface area (Å²) in [6.45, 7) is 3.18. The Morgan fingerprint density at radius 2 is 1.61 bits per heavy atom. The summed E-state index contributed by atoms with van der Waals surface area (Å²) in [6, 6.07) is 16.1. The fourth-order valence-corrected chi connectivity index (χ4v) is 4.86. The molecule has 0 unspecified atom stereocenters. The number of aromatic nitrogens is 1. The van der Waals surface area contributed by atoms with Gasteiger partial charge in [-0.05, 0) is 31.2 Å². The Morgan fingerprint density at radius 1 is 0.929 bits per heavy atom. The lowest BCUT2D eigenvalue weighted by atomic mass is 10.1. The molecule has 4 rings (SSSR count). The third-order valence-corrected chi connectivity index (χ3v) is 6.96. The largest absolute Gasteiger partial charge is 0.336 e. The van der Waals surface area contributed by atoms with Crippen molar-refractivity contribution in [1.29, 1.82) is 0 Å². The number of rotatable bonds is 3. The summed E-state index contributed by atoms with van der Waals surface area (Å²) in [7, 11) is -3.54. The minimum absolute atomic E-state index is 0.114. The van der Waals surface area contributed by atoms with Crippen LogP contribution in [-0.2, 0) is 10.0 Å². The molecule has 1 saturated heterocycles. The third kappa shape index (κ3) is 3.39. The first kappa shape index (κ1) is 18.6. The molecule has 2 aromatic carbocycles. The number of para-hydroxylation sites is 1. The van der Waals surface area contributed by atoms with Crippen LogP contribution in [0.4, 0.5) is 0 Å². The molecule has 3 aromatic rings. The SMILES string of the molecule is Cc1ccc(S(=O)(=O)N2CCN(C(=O)c3cccc4cccnc34)CC2)cc1. The molecule has 1 fully saturated rings. The standard InChI is InChI=1S/C21H21N3O3S/c1-16-7-9-18(10-8-16)28(26,27)24-14-12-23(13-15-24)21(25)19-6-2-4-17-5-3-11-22-20(17)19/h2-11H,12-15H2,1H3. The number of sulfonamides is 1. The van der Waals surface area contributed by atoms with Crippen LogP contribution < -0.4 is 0 Å². The van der Waals surface area contributed by atoms with Gasteiger partial charge in [-0.25, -0.2) is 8.42 Å². The van der Waals surface area contributed by atoms with Crippen LogP contribution in [0.25, 0.3) is 10.9 Å². The number of fused-ring (bicyclic) bond motifs is 1. The van der Waals surface area contributed by atoms with Gasteiger partial charge >= 0.3 is 0 Å². The van der Waals surface area contributed by atoms with Gasteiger partial charge in [-0.15, -0.1) is 0 Å². The van der Waals surface area contributed by atoms with E-state index in [1.165, 1.54) is 4.31 Å². The summed E-state index contributed by atoms with van der Waals surface area (Å²) < 4.78 is 27.1. The lowest BCUT2D eigenvalue weighted by molar-refractivity contribution is 0.0699. The molecule has 1 aromatic heterocycles. The van der Waals surface area contributed by atoms with Gasteiger partial charge in [0, 0.05) is 37.8 Å². The number of benzene rings is 2. The fourth-order valence-electron chi connectivity index (χ4n) is 3.44. The normalized spacial score (nSPS) is 15.7. The maximum atomic E-state index is 13.0. The molecule has 0 bridgehead atoms. The number of hydrogen-bond donors (Lipinski definition) is 0. The van der Waals surface area contributed by atoms with E-state index < -0.39 is 10.0 Å². The first-order valence-electron chi connectivity index (χ1n) is 9.17. The molecule has 7 heteroatoms. The number of aryl methyl sites for hydroxylation is 1. The highest BCUT2D eigenvalue weighted by Gasteiger charge is 2.30. The first-order chi connectivity index (χ1) is 13.5. The Balaban J connectivity index is 1.51. The zero-order valence-electron chi connectivity index (χ0n) is 15.6. The summed E-state index contributed by atoms with van der Waals surface area (Å²) >= 11 is 0. The van der Waals surface area contributed by atoms with Crippen LogP contribution in [0.5, 0.6) is 0 Å². The van der Waals surface area contributed by atoms with Crippen LogP contribution in [0.1, 0.15) is 15.9 Å². The number of amides is 1. The van der Waals surface area contributed by atoms with Gasteiger partial charge in [0.1, 0.15) is 0 Å². The Hall–Kier alpha value is -2.77. The average molecular weight is 395 g/mol. The van der Waals surface area contributed by atoms with Crippen molar-refractivity contribution in [2.24, 2.45) is 0 Å². The molecule has 1 aliphatic rings. The fraction of sp³-hybridized carbons (Fsp3) is 0.238. The number of nitrogens with zero attached hydrogens (tertiary/aromatic N) is 3. The molecule has 0 N–H and O–H groups in total. The number of piperazine rings is 1. The molecule has 28 heavy (non-hydrogen) atoms. The zero-order valence-corrected chi connectivity index (χ0v) is 16.4. The second-order valence-corrected chi connectivity index (χ2v) is 8.83. The molecule has 144 valence electrons. The van der Waals surface area contributed by atoms with Crippen molar-refractivity contribution in [3.8, 4) is 0 Å². The summed E-state index contributed by atoms with van der Waals surface area (Å²) in [4.78, 5) is 19.3. The lowest BCUT2D eigenvalue weighted by Gasteiger charge is -2.34. The Morgan fingerprint density at radius 3 is 2.32 bits per heavy atom. The van der Waals surface area contributed by atoms with E-state index >= 15 is 0 Å². The Labute approximate surface area is 164 Å². The van der Waals surface area contributed by atoms with E-state index in [0.717, 1.165) is 10.9 Å². The van der Waals surface area contributed by atoms with Gasteiger partial charge in [-0.3, -0.25) is 9.78 Å². The topological polar surface area (TPSA) is 70.6 Å². The smallest absolute Gasteiger partial charge is 0.256 e. The predicted octanol–water partition coefficient (Wildman–Crippen LogP) is 2.69. The van der Waals surface area contributed by atoms with Crippen molar-refractivity contribution in [1.82, 2.24) is 14.2 Å². The van der Waals surface area contributed by atoms with Crippen molar-refractivity contribution < 1.29 is 13.2 Å². The second-order valence-electron chi connectivity index (χ2n) is 6.89. The summed E-state index contributed by atoms with van der Waals surface area (Å²) in [5.74, 6) is -0.114.